The smallest absolute Gasteiger partial charge is 0.263 e. The van der Waals surface area contributed by atoms with Crippen molar-refractivity contribution >= 4 is 27.5 Å². The van der Waals surface area contributed by atoms with E-state index in [1.165, 1.54) is 34.4 Å². The molecule has 3 heterocycles. The molecule has 1 aromatic carbocycles. The molecule has 1 aliphatic heterocycles. The molecule has 7 heteroatoms. The van der Waals surface area contributed by atoms with E-state index >= 15 is 0 Å². The summed E-state index contributed by atoms with van der Waals surface area (Å²) in [4.78, 5) is 33.2. The number of aromatic nitrogens is 2. The van der Waals surface area contributed by atoms with Gasteiger partial charge in [-0.3, -0.25) is 14.2 Å². The number of benzene rings is 1. The van der Waals surface area contributed by atoms with E-state index < -0.39 is 0 Å². The Kier molecular flexibility index (Phi) is 4.32. The molecular formula is C19H18FN3O2S. The minimum atomic E-state index is -0.322. The van der Waals surface area contributed by atoms with Crippen molar-refractivity contribution in [3.63, 3.8) is 0 Å². The lowest BCUT2D eigenvalue weighted by Gasteiger charge is -2.15. The predicted molar refractivity (Wildman–Crippen MR) is 99.8 cm³/mol. The lowest BCUT2D eigenvalue weighted by Crippen LogP contribution is -2.34. The molecule has 0 saturated carbocycles. The highest BCUT2D eigenvalue weighted by Gasteiger charge is 2.21. The normalized spacial score (nSPS) is 14.3. The van der Waals surface area contributed by atoms with Crippen LogP contribution in [0.1, 0.15) is 17.7 Å². The quantitative estimate of drug-likeness (QED) is 0.710. The molecular weight excluding hydrogens is 353 g/mol. The number of halogens is 1. The fourth-order valence-corrected chi connectivity index (χ4v) is 4.43. The van der Waals surface area contributed by atoms with Crippen LogP contribution < -0.4 is 5.56 Å². The molecule has 0 bridgehead atoms. The van der Waals surface area contributed by atoms with Gasteiger partial charge in [-0.05, 0) is 37.5 Å². The number of likely N-dealkylation sites (tertiary alicyclic amines) is 1. The van der Waals surface area contributed by atoms with Crippen molar-refractivity contribution in [1.82, 2.24) is 14.5 Å². The molecule has 1 saturated heterocycles. The summed E-state index contributed by atoms with van der Waals surface area (Å²) in [7, 11) is 0. The van der Waals surface area contributed by atoms with Crippen LogP contribution in [-0.2, 0) is 11.3 Å². The van der Waals surface area contributed by atoms with Gasteiger partial charge in [-0.25, -0.2) is 9.37 Å². The van der Waals surface area contributed by atoms with Gasteiger partial charge in [-0.15, -0.1) is 11.3 Å². The predicted octanol–water partition coefficient (Wildman–Crippen LogP) is 3.19. The number of rotatable bonds is 3. The van der Waals surface area contributed by atoms with E-state index in [1.54, 1.807) is 17.0 Å². The molecule has 1 amide bonds. The first-order valence-electron chi connectivity index (χ1n) is 8.57. The van der Waals surface area contributed by atoms with Gasteiger partial charge in [-0.1, -0.05) is 12.1 Å². The van der Waals surface area contributed by atoms with Crippen molar-refractivity contribution in [2.24, 2.45) is 0 Å². The SMILES string of the molecule is Cc1sc2ncn(CC(=O)N3CCCC3)c(=O)c2c1-c1ccc(F)cc1. The zero-order valence-corrected chi connectivity index (χ0v) is 15.2. The van der Waals surface area contributed by atoms with Crippen LogP contribution in [0, 0.1) is 12.7 Å². The van der Waals surface area contributed by atoms with Crippen LogP contribution in [0.3, 0.4) is 0 Å². The zero-order chi connectivity index (χ0) is 18.3. The first-order valence-corrected chi connectivity index (χ1v) is 9.38. The van der Waals surface area contributed by atoms with Crippen LogP contribution in [0.2, 0.25) is 0 Å². The summed E-state index contributed by atoms with van der Waals surface area (Å²) in [6.07, 6.45) is 3.47. The number of amides is 1. The fraction of sp³-hybridized carbons (Fsp3) is 0.316. The molecule has 0 unspecified atom stereocenters. The van der Waals surface area contributed by atoms with Gasteiger partial charge in [-0.2, -0.15) is 0 Å². The molecule has 4 rings (SSSR count). The van der Waals surface area contributed by atoms with Crippen molar-refractivity contribution in [2.45, 2.75) is 26.3 Å². The average molecular weight is 371 g/mol. The van der Waals surface area contributed by atoms with Gasteiger partial charge >= 0.3 is 0 Å². The molecule has 1 fully saturated rings. The minimum absolute atomic E-state index is 0.000471. The standard InChI is InChI=1S/C19H18FN3O2S/c1-12-16(13-4-6-14(20)7-5-13)17-18(26-12)21-11-23(19(17)25)10-15(24)22-8-2-3-9-22/h4-7,11H,2-3,8-10H2,1H3. The zero-order valence-electron chi connectivity index (χ0n) is 14.4. The Bertz CT molecular complexity index is 1030. The van der Waals surface area contributed by atoms with Gasteiger partial charge in [0, 0.05) is 23.5 Å². The Balaban J connectivity index is 1.79. The second-order valence-corrected chi connectivity index (χ2v) is 7.69. The van der Waals surface area contributed by atoms with Crippen LogP contribution in [0.5, 0.6) is 0 Å². The maximum absolute atomic E-state index is 13.3. The maximum atomic E-state index is 13.3. The minimum Gasteiger partial charge on any atom is -0.341 e. The largest absolute Gasteiger partial charge is 0.341 e. The molecule has 0 radical (unpaired) electrons. The second kappa shape index (κ2) is 6.64. The molecule has 0 N–H and O–H groups in total. The third-order valence-electron chi connectivity index (χ3n) is 4.75. The van der Waals surface area contributed by atoms with Crippen molar-refractivity contribution in [3.8, 4) is 11.1 Å². The number of fused-ring (bicyclic) bond motifs is 1. The summed E-state index contributed by atoms with van der Waals surface area (Å²) in [6, 6.07) is 6.08. The fourth-order valence-electron chi connectivity index (χ4n) is 3.43. The summed E-state index contributed by atoms with van der Waals surface area (Å²) in [5, 5.41) is 0.496. The topological polar surface area (TPSA) is 55.2 Å². The molecule has 3 aromatic rings. The van der Waals surface area contributed by atoms with E-state index in [1.807, 2.05) is 6.92 Å². The van der Waals surface area contributed by atoms with Crippen LogP contribution in [0.4, 0.5) is 4.39 Å². The van der Waals surface area contributed by atoms with Gasteiger partial charge in [0.15, 0.2) is 0 Å². The lowest BCUT2D eigenvalue weighted by atomic mass is 10.0. The van der Waals surface area contributed by atoms with Crippen LogP contribution in [0.25, 0.3) is 21.3 Å². The number of aryl methyl sites for hydroxylation is 1. The number of hydrogen-bond acceptors (Lipinski definition) is 4. The summed E-state index contributed by atoms with van der Waals surface area (Å²) >= 11 is 1.43. The van der Waals surface area contributed by atoms with Gasteiger partial charge in [0.05, 0.1) is 11.7 Å². The molecule has 0 atom stereocenters. The monoisotopic (exact) mass is 371 g/mol. The van der Waals surface area contributed by atoms with Crippen molar-refractivity contribution in [1.29, 1.82) is 0 Å². The van der Waals surface area contributed by atoms with E-state index in [-0.39, 0.29) is 23.8 Å². The molecule has 5 nitrogen and oxygen atoms in total. The van der Waals surface area contributed by atoms with E-state index in [2.05, 4.69) is 4.98 Å². The summed E-state index contributed by atoms with van der Waals surface area (Å²) in [5.41, 5.74) is 1.31. The number of thiophene rings is 1. The van der Waals surface area contributed by atoms with Crippen molar-refractivity contribution in [3.05, 3.63) is 51.6 Å². The first-order chi connectivity index (χ1) is 12.5. The summed E-state index contributed by atoms with van der Waals surface area (Å²) in [6.45, 7) is 3.42. The number of hydrogen-bond donors (Lipinski definition) is 0. The third kappa shape index (κ3) is 2.92. The maximum Gasteiger partial charge on any atom is 0.263 e. The van der Waals surface area contributed by atoms with E-state index in [9.17, 15) is 14.0 Å². The Morgan fingerprint density at radius 1 is 1.23 bits per heavy atom. The van der Waals surface area contributed by atoms with Crippen molar-refractivity contribution in [2.75, 3.05) is 13.1 Å². The van der Waals surface area contributed by atoms with Gasteiger partial charge < -0.3 is 4.90 Å². The van der Waals surface area contributed by atoms with Crippen LogP contribution in [-0.4, -0.2) is 33.4 Å². The molecule has 0 spiro atoms. The Morgan fingerprint density at radius 2 is 1.92 bits per heavy atom. The molecule has 0 aliphatic carbocycles. The van der Waals surface area contributed by atoms with Crippen LogP contribution >= 0.6 is 11.3 Å². The second-order valence-electron chi connectivity index (χ2n) is 6.49. The molecule has 2 aromatic heterocycles. The van der Waals surface area contributed by atoms with Gasteiger partial charge in [0.2, 0.25) is 5.91 Å². The number of nitrogens with zero attached hydrogens (tertiary/aromatic N) is 3. The Labute approximate surface area is 153 Å². The number of carbonyl (C=O) groups excluding carboxylic acids is 1. The molecule has 134 valence electrons. The van der Waals surface area contributed by atoms with Crippen molar-refractivity contribution < 1.29 is 9.18 Å². The van der Waals surface area contributed by atoms with E-state index in [0.29, 0.717) is 10.2 Å². The Hall–Kier alpha value is -2.54. The van der Waals surface area contributed by atoms with Crippen LogP contribution in [0.15, 0.2) is 35.4 Å². The van der Waals surface area contributed by atoms with Gasteiger partial charge in [0.1, 0.15) is 17.2 Å². The highest BCUT2D eigenvalue weighted by Crippen LogP contribution is 2.35. The Morgan fingerprint density at radius 3 is 2.62 bits per heavy atom. The number of carbonyl (C=O) groups is 1. The molecule has 26 heavy (non-hydrogen) atoms. The summed E-state index contributed by atoms with van der Waals surface area (Å²) in [5.74, 6) is -0.376. The van der Waals surface area contributed by atoms with E-state index in [4.69, 9.17) is 0 Å². The first kappa shape index (κ1) is 16.9. The highest BCUT2D eigenvalue weighted by molar-refractivity contribution is 7.19. The highest BCUT2D eigenvalue weighted by atomic mass is 32.1. The van der Waals surface area contributed by atoms with E-state index in [0.717, 1.165) is 41.9 Å². The van der Waals surface area contributed by atoms with Gasteiger partial charge in [0.25, 0.3) is 5.56 Å². The lowest BCUT2D eigenvalue weighted by molar-refractivity contribution is -0.130. The molecule has 1 aliphatic rings. The summed E-state index contributed by atoms with van der Waals surface area (Å²) < 4.78 is 14.6. The average Bonchev–Trinajstić information content (AvgIpc) is 3.26. The third-order valence-corrected chi connectivity index (χ3v) is 5.77.